The van der Waals surface area contributed by atoms with Gasteiger partial charge in [0.1, 0.15) is 9.88 Å². The summed E-state index contributed by atoms with van der Waals surface area (Å²) in [6.07, 6.45) is -0.871. The molecule has 0 bridgehead atoms. The van der Waals surface area contributed by atoms with Crippen LogP contribution >= 0.6 is 11.3 Å². The molecule has 0 unspecified atom stereocenters. The molecule has 0 aliphatic carbocycles. The Morgan fingerprint density at radius 1 is 1.00 bits per heavy atom. The van der Waals surface area contributed by atoms with E-state index in [1.165, 1.54) is 11.3 Å². The standard InChI is InChI=1S/C24H25NO3S/c1-15-21(29-22(25-15)18-9-7-6-8-10-18)23(27)28-16(2)20(26)17-11-13-19(14-12-17)24(3,4)5/h6-14,16H,1-5H3/t16-/m0/s1. The van der Waals surface area contributed by atoms with Crippen molar-refractivity contribution in [2.75, 3.05) is 0 Å². The molecule has 0 amide bonds. The molecule has 0 radical (unpaired) electrons. The molecule has 4 nitrogen and oxygen atoms in total. The van der Waals surface area contributed by atoms with Crippen LogP contribution in [0.15, 0.2) is 54.6 Å². The van der Waals surface area contributed by atoms with Crippen molar-refractivity contribution < 1.29 is 14.3 Å². The summed E-state index contributed by atoms with van der Waals surface area (Å²) in [4.78, 5) is 30.2. The van der Waals surface area contributed by atoms with Crippen molar-refractivity contribution in [2.24, 2.45) is 0 Å². The minimum atomic E-state index is -0.871. The second kappa shape index (κ2) is 8.29. The number of rotatable bonds is 5. The SMILES string of the molecule is Cc1nc(-c2ccccc2)sc1C(=O)O[C@@H](C)C(=O)c1ccc(C(C)(C)C)cc1. The second-order valence-electron chi connectivity index (χ2n) is 8.04. The Labute approximate surface area is 175 Å². The van der Waals surface area contributed by atoms with Gasteiger partial charge in [-0.15, -0.1) is 11.3 Å². The number of aromatic nitrogens is 1. The molecule has 150 valence electrons. The zero-order valence-corrected chi connectivity index (χ0v) is 18.2. The summed E-state index contributed by atoms with van der Waals surface area (Å²) in [7, 11) is 0. The first-order valence-corrected chi connectivity index (χ1v) is 10.4. The Morgan fingerprint density at radius 2 is 1.62 bits per heavy atom. The van der Waals surface area contributed by atoms with Crippen LogP contribution < -0.4 is 0 Å². The van der Waals surface area contributed by atoms with E-state index in [1.54, 1.807) is 26.0 Å². The number of carbonyl (C=O) groups is 2. The van der Waals surface area contributed by atoms with Gasteiger partial charge in [-0.3, -0.25) is 4.79 Å². The predicted molar refractivity (Wildman–Crippen MR) is 117 cm³/mol. The van der Waals surface area contributed by atoms with E-state index in [0.717, 1.165) is 16.1 Å². The molecular formula is C24H25NO3S. The number of Topliss-reactive ketones (excluding diaryl/α,β-unsaturated/α-hetero) is 1. The lowest BCUT2D eigenvalue weighted by Gasteiger charge is -2.19. The molecule has 29 heavy (non-hydrogen) atoms. The van der Waals surface area contributed by atoms with Crippen molar-refractivity contribution in [2.45, 2.75) is 46.1 Å². The highest BCUT2D eigenvalue weighted by atomic mass is 32.1. The maximum atomic E-state index is 12.7. The van der Waals surface area contributed by atoms with Gasteiger partial charge in [0.25, 0.3) is 0 Å². The highest BCUT2D eigenvalue weighted by molar-refractivity contribution is 7.17. The van der Waals surface area contributed by atoms with Gasteiger partial charge in [-0.25, -0.2) is 9.78 Å². The van der Waals surface area contributed by atoms with Crippen LogP contribution in [0.2, 0.25) is 0 Å². The lowest BCUT2D eigenvalue weighted by molar-refractivity contribution is 0.0322. The average Bonchev–Trinajstić information content (AvgIpc) is 3.09. The van der Waals surface area contributed by atoms with Crippen molar-refractivity contribution in [1.29, 1.82) is 0 Å². The fourth-order valence-electron chi connectivity index (χ4n) is 2.93. The maximum Gasteiger partial charge on any atom is 0.350 e. The topological polar surface area (TPSA) is 56.3 Å². The molecule has 0 aliphatic rings. The van der Waals surface area contributed by atoms with E-state index in [2.05, 4.69) is 25.8 Å². The average molecular weight is 408 g/mol. The van der Waals surface area contributed by atoms with Gasteiger partial charge in [0.2, 0.25) is 5.78 Å². The molecule has 0 spiro atoms. The van der Waals surface area contributed by atoms with Crippen LogP contribution in [0.3, 0.4) is 0 Å². The van der Waals surface area contributed by atoms with Gasteiger partial charge < -0.3 is 4.74 Å². The van der Waals surface area contributed by atoms with E-state index in [1.807, 2.05) is 42.5 Å². The summed E-state index contributed by atoms with van der Waals surface area (Å²) in [5, 5.41) is 0.756. The van der Waals surface area contributed by atoms with Gasteiger partial charge in [0, 0.05) is 11.1 Å². The lowest BCUT2D eigenvalue weighted by Crippen LogP contribution is -2.24. The van der Waals surface area contributed by atoms with Gasteiger partial charge in [-0.1, -0.05) is 75.4 Å². The van der Waals surface area contributed by atoms with Crippen molar-refractivity contribution in [3.8, 4) is 10.6 Å². The molecule has 0 saturated heterocycles. The molecule has 1 heterocycles. The molecule has 3 aromatic rings. The fraction of sp³-hybridized carbons (Fsp3) is 0.292. The third kappa shape index (κ3) is 4.80. The minimum Gasteiger partial charge on any atom is -0.450 e. The molecule has 1 aromatic heterocycles. The normalized spacial score (nSPS) is 12.4. The molecule has 2 aromatic carbocycles. The summed E-state index contributed by atoms with van der Waals surface area (Å²) in [5.41, 5.74) is 3.24. The van der Waals surface area contributed by atoms with E-state index in [-0.39, 0.29) is 11.2 Å². The van der Waals surface area contributed by atoms with Crippen molar-refractivity contribution in [1.82, 2.24) is 4.98 Å². The quantitative estimate of drug-likeness (QED) is 0.393. The minimum absolute atomic E-state index is 0.0137. The highest BCUT2D eigenvalue weighted by Gasteiger charge is 2.24. The van der Waals surface area contributed by atoms with E-state index in [9.17, 15) is 9.59 Å². The van der Waals surface area contributed by atoms with Gasteiger partial charge in [0.05, 0.1) is 5.69 Å². The third-order valence-corrected chi connectivity index (χ3v) is 5.88. The first-order chi connectivity index (χ1) is 13.7. The Morgan fingerprint density at radius 3 is 2.21 bits per heavy atom. The molecule has 1 atom stereocenters. The Hall–Kier alpha value is -2.79. The number of hydrogen-bond donors (Lipinski definition) is 0. The fourth-order valence-corrected chi connectivity index (χ4v) is 3.88. The Kier molecular flexibility index (Phi) is 5.99. The molecule has 0 saturated carbocycles. The monoisotopic (exact) mass is 407 g/mol. The number of esters is 1. The second-order valence-corrected chi connectivity index (χ2v) is 9.04. The number of thiazole rings is 1. The van der Waals surface area contributed by atoms with Crippen LogP contribution in [0.25, 0.3) is 10.6 Å². The summed E-state index contributed by atoms with van der Waals surface area (Å²) in [6.45, 7) is 9.74. The molecule has 0 fully saturated rings. The zero-order valence-electron chi connectivity index (χ0n) is 17.4. The van der Waals surface area contributed by atoms with Crippen LogP contribution in [0, 0.1) is 6.92 Å². The summed E-state index contributed by atoms with van der Waals surface area (Å²) in [5.74, 6) is -0.737. The summed E-state index contributed by atoms with van der Waals surface area (Å²) < 4.78 is 5.46. The third-order valence-electron chi connectivity index (χ3n) is 4.69. The maximum absolute atomic E-state index is 12.7. The molecule has 0 aliphatic heterocycles. The number of ether oxygens (including phenoxy) is 1. The van der Waals surface area contributed by atoms with E-state index in [4.69, 9.17) is 4.74 Å². The van der Waals surface area contributed by atoms with Crippen LogP contribution in [0.1, 0.15) is 59.0 Å². The first kappa shape index (κ1) is 20.9. The van der Waals surface area contributed by atoms with Crippen LogP contribution in [-0.2, 0) is 10.2 Å². The van der Waals surface area contributed by atoms with Gasteiger partial charge >= 0.3 is 5.97 Å². The van der Waals surface area contributed by atoms with Gasteiger partial charge in [0.15, 0.2) is 6.10 Å². The zero-order chi connectivity index (χ0) is 21.2. The highest BCUT2D eigenvalue weighted by Crippen LogP contribution is 2.29. The van der Waals surface area contributed by atoms with Crippen molar-refractivity contribution >= 4 is 23.1 Å². The summed E-state index contributed by atoms with van der Waals surface area (Å²) >= 11 is 1.28. The van der Waals surface area contributed by atoms with E-state index >= 15 is 0 Å². The first-order valence-electron chi connectivity index (χ1n) is 9.55. The molecular weight excluding hydrogens is 382 g/mol. The van der Waals surface area contributed by atoms with Crippen LogP contribution in [0.5, 0.6) is 0 Å². The molecule has 5 heteroatoms. The molecule has 0 N–H and O–H groups in total. The smallest absolute Gasteiger partial charge is 0.350 e. The number of benzene rings is 2. The largest absolute Gasteiger partial charge is 0.450 e. The Bertz CT molecular complexity index is 1010. The molecule has 3 rings (SSSR count). The van der Waals surface area contributed by atoms with Gasteiger partial charge in [-0.05, 0) is 24.8 Å². The lowest BCUT2D eigenvalue weighted by atomic mass is 9.86. The predicted octanol–water partition coefficient (Wildman–Crippen LogP) is 5.84. The Balaban J connectivity index is 1.72. The van der Waals surface area contributed by atoms with Crippen molar-refractivity contribution in [3.63, 3.8) is 0 Å². The van der Waals surface area contributed by atoms with Crippen molar-refractivity contribution in [3.05, 3.63) is 76.3 Å². The van der Waals surface area contributed by atoms with Crippen LogP contribution in [-0.4, -0.2) is 22.8 Å². The number of carbonyl (C=O) groups excluding carboxylic acids is 2. The summed E-state index contributed by atoms with van der Waals surface area (Å²) in [6, 6.07) is 17.1. The van der Waals surface area contributed by atoms with Gasteiger partial charge in [-0.2, -0.15) is 0 Å². The van der Waals surface area contributed by atoms with E-state index < -0.39 is 12.1 Å². The number of hydrogen-bond acceptors (Lipinski definition) is 5. The number of nitrogens with zero attached hydrogens (tertiary/aromatic N) is 1. The van der Waals surface area contributed by atoms with E-state index in [0.29, 0.717) is 16.1 Å². The number of aryl methyl sites for hydroxylation is 1. The van der Waals surface area contributed by atoms with Crippen LogP contribution in [0.4, 0.5) is 0 Å². The number of ketones is 1.